The van der Waals surface area contributed by atoms with Crippen LogP contribution in [0.4, 0.5) is 0 Å². The van der Waals surface area contributed by atoms with Gasteiger partial charge < -0.3 is 10.2 Å². The molecule has 0 saturated carbocycles. The Morgan fingerprint density at radius 2 is 2.27 bits per heavy atom. The van der Waals surface area contributed by atoms with E-state index in [0.29, 0.717) is 12.0 Å². The fourth-order valence-electron chi connectivity index (χ4n) is 1.98. The van der Waals surface area contributed by atoms with E-state index in [9.17, 15) is 4.21 Å². The summed E-state index contributed by atoms with van der Waals surface area (Å²) in [7, 11) is -0.630. The van der Waals surface area contributed by atoms with E-state index >= 15 is 0 Å². The van der Waals surface area contributed by atoms with Gasteiger partial charge >= 0.3 is 0 Å². The van der Waals surface area contributed by atoms with Crippen LogP contribution in [0.5, 0.6) is 0 Å². The van der Waals surface area contributed by atoms with Gasteiger partial charge in [0.25, 0.3) is 0 Å². The Kier molecular flexibility index (Phi) is 5.79. The topological polar surface area (TPSA) is 32.3 Å². The van der Waals surface area contributed by atoms with Gasteiger partial charge in [-0.05, 0) is 18.9 Å². The molecule has 15 heavy (non-hydrogen) atoms. The van der Waals surface area contributed by atoms with Crippen molar-refractivity contribution >= 4 is 10.8 Å². The number of piperazine rings is 1. The highest BCUT2D eigenvalue weighted by atomic mass is 32.2. The molecule has 0 bridgehead atoms. The van der Waals surface area contributed by atoms with Crippen LogP contribution in [0.1, 0.15) is 20.3 Å². The first-order valence-corrected chi connectivity index (χ1v) is 7.58. The monoisotopic (exact) mass is 232 g/mol. The minimum absolute atomic E-state index is 0.630. The zero-order valence-corrected chi connectivity index (χ0v) is 11.0. The van der Waals surface area contributed by atoms with Crippen molar-refractivity contribution in [3.63, 3.8) is 0 Å². The van der Waals surface area contributed by atoms with Crippen molar-refractivity contribution in [2.45, 2.75) is 26.3 Å². The maximum Gasteiger partial charge on any atom is 0.0244 e. The van der Waals surface area contributed by atoms with Crippen LogP contribution in [0.25, 0.3) is 0 Å². The molecule has 1 aliphatic rings. The average Bonchev–Trinajstić information content (AvgIpc) is 2.17. The van der Waals surface area contributed by atoms with Gasteiger partial charge in [-0.1, -0.05) is 13.8 Å². The first kappa shape index (κ1) is 13.1. The number of nitrogens with zero attached hydrogens (tertiary/aromatic N) is 1. The highest BCUT2D eigenvalue weighted by Crippen LogP contribution is 2.08. The van der Waals surface area contributed by atoms with Crippen LogP contribution in [-0.2, 0) is 10.8 Å². The van der Waals surface area contributed by atoms with Crippen LogP contribution in [0.15, 0.2) is 0 Å². The third-order valence-corrected chi connectivity index (χ3v) is 3.86. The predicted molar refractivity (Wildman–Crippen MR) is 66.6 cm³/mol. The van der Waals surface area contributed by atoms with Crippen molar-refractivity contribution in [3.05, 3.63) is 0 Å². The van der Waals surface area contributed by atoms with E-state index in [1.807, 2.05) is 0 Å². The number of hydrogen-bond donors (Lipinski definition) is 1. The number of hydrogen-bond acceptors (Lipinski definition) is 3. The van der Waals surface area contributed by atoms with Gasteiger partial charge in [-0.3, -0.25) is 4.21 Å². The lowest BCUT2D eigenvalue weighted by molar-refractivity contribution is 0.176. The van der Waals surface area contributed by atoms with Crippen molar-refractivity contribution < 1.29 is 4.21 Å². The zero-order chi connectivity index (χ0) is 11.3. The molecule has 1 aliphatic heterocycles. The van der Waals surface area contributed by atoms with Gasteiger partial charge in [-0.15, -0.1) is 0 Å². The van der Waals surface area contributed by atoms with E-state index in [4.69, 9.17) is 0 Å². The average molecular weight is 232 g/mol. The Labute approximate surface area is 96.1 Å². The summed E-state index contributed by atoms with van der Waals surface area (Å²) in [6.07, 6.45) is 2.85. The molecule has 2 atom stereocenters. The molecule has 0 radical (unpaired) electrons. The minimum atomic E-state index is -0.630. The summed E-state index contributed by atoms with van der Waals surface area (Å²) in [4.78, 5) is 2.49. The molecule has 0 aromatic carbocycles. The molecular formula is C11H24N2OS. The molecule has 0 amide bonds. The Balaban J connectivity index is 2.21. The Morgan fingerprint density at radius 3 is 2.87 bits per heavy atom. The lowest BCUT2D eigenvalue weighted by Gasteiger charge is -2.35. The Morgan fingerprint density at radius 1 is 1.53 bits per heavy atom. The molecule has 3 nitrogen and oxygen atoms in total. The van der Waals surface area contributed by atoms with E-state index in [-0.39, 0.29) is 0 Å². The number of nitrogens with one attached hydrogen (secondary N) is 1. The van der Waals surface area contributed by atoms with Crippen LogP contribution in [-0.4, -0.2) is 53.3 Å². The standard InChI is InChI=1S/C11H24N2OS/c1-10(2)11-9-13(7-5-12-11)6-4-8-15(3)14/h10-12H,4-9H2,1-3H3. The number of rotatable bonds is 5. The Hall–Kier alpha value is 0.0700. The molecule has 1 fully saturated rings. The van der Waals surface area contributed by atoms with Crippen LogP contribution in [0, 0.1) is 5.92 Å². The summed E-state index contributed by atoms with van der Waals surface area (Å²) in [5, 5.41) is 3.55. The third kappa shape index (κ3) is 5.09. The van der Waals surface area contributed by atoms with Crippen molar-refractivity contribution in [2.24, 2.45) is 5.92 Å². The summed E-state index contributed by atoms with van der Waals surface area (Å²) < 4.78 is 10.9. The van der Waals surface area contributed by atoms with E-state index in [0.717, 1.165) is 38.4 Å². The molecule has 1 heterocycles. The van der Waals surface area contributed by atoms with Crippen LogP contribution < -0.4 is 5.32 Å². The molecule has 1 saturated heterocycles. The Bertz CT molecular complexity index is 209. The molecule has 0 spiro atoms. The van der Waals surface area contributed by atoms with Crippen molar-refractivity contribution in [1.82, 2.24) is 10.2 Å². The summed E-state index contributed by atoms with van der Waals surface area (Å²) in [6, 6.07) is 0.630. The first-order valence-electron chi connectivity index (χ1n) is 5.85. The third-order valence-electron chi connectivity index (χ3n) is 3.00. The molecule has 0 aliphatic carbocycles. The van der Waals surface area contributed by atoms with Gasteiger partial charge in [0.2, 0.25) is 0 Å². The second-order valence-electron chi connectivity index (χ2n) is 4.74. The largest absolute Gasteiger partial charge is 0.311 e. The normalized spacial score (nSPS) is 25.7. The van der Waals surface area contributed by atoms with Gasteiger partial charge in [0.05, 0.1) is 0 Å². The molecule has 2 unspecified atom stereocenters. The van der Waals surface area contributed by atoms with E-state index < -0.39 is 10.8 Å². The zero-order valence-electron chi connectivity index (χ0n) is 10.2. The maximum atomic E-state index is 10.9. The molecule has 4 heteroatoms. The maximum absolute atomic E-state index is 10.9. The smallest absolute Gasteiger partial charge is 0.0244 e. The minimum Gasteiger partial charge on any atom is -0.311 e. The van der Waals surface area contributed by atoms with Gasteiger partial charge in [0, 0.05) is 48.5 Å². The first-order chi connectivity index (χ1) is 7.09. The highest BCUT2D eigenvalue weighted by molar-refractivity contribution is 7.84. The quantitative estimate of drug-likeness (QED) is 0.757. The van der Waals surface area contributed by atoms with Gasteiger partial charge in [-0.2, -0.15) is 0 Å². The van der Waals surface area contributed by atoms with Gasteiger partial charge in [-0.25, -0.2) is 0 Å². The van der Waals surface area contributed by atoms with E-state index in [1.54, 1.807) is 6.26 Å². The molecule has 1 N–H and O–H groups in total. The van der Waals surface area contributed by atoms with Crippen LogP contribution in [0.2, 0.25) is 0 Å². The lowest BCUT2D eigenvalue weighted by Crippen LogP contribution is -2.53. The van der Waals surface area contributed by atoms with Gasteiger partial charge in [0.1, 0.15) is 0 Å². The highest BCUT2D eigenvalue weighted by Gasteiger charge is 2.20. The molecule has 0 aromatic heterocycles. The second kappa shape index (κ2) is 6.61. The summed E-state index contributed by atoms with van der Waals surface area (Å²) in [5.41, 5.74) is 0. The second-order valence-corrected chi connectivity index (χ2v) is 6.29. The molecule has 0 aromatic rings. The van der Waals surface area contributed by atoms with E-state index in [2.05, 4.69) is 24.1 Å². The SMILES string of the molecule is CC(C)C1CN(CCCS(C)=O)CCN1. The van der Waals surface area contributed by atoms with E-state index in [1.165, 1.54) is 0 Å². The van der Waals surface area contributed by atoms with Crippen molar-refractivity contribution in [2.75, 3.05) is 38.2 Å². The lowest BCUT2D eigenvalue weighted by atomic mass is 10.0. The predicted octanol–water partition coefficient (Wildman–Crippen LogP) is 0.685. The molecule has 90 valence electrons. The molecular weight excluding hydrogens is 208 g/mol. The van der Waals surface area contributed by atoms with Crippen molar-refractivity contribution in [3.8, 4) is 0 Å². The van der Waals surface area contributed by atoms with Crippen molar-refractivity contribution in [1.29, 1.82) is 0 Å². The van der Waals surface area contributed by atoms with Gasteiger partial charge in [0.15, 0.2) is 0 Å². The summed E-state index contributed by atoms with van der Waals surface area (Å²) in [6.45, 7) is 9.01. The molecule has 1 rings (SSSR count). The summed E-state index contributed by atoms with van der Waals surface area (Å²) in [5.74, 6) is 1.55. The summed E-state index contributed by atoms with van der Waals surface area (Å²) >= 11 is 0. The van der Waals surface area contributed by atoms with Crippen LogP contribution in [0.3, 0.4) is 0 Å². The fraction of sp³-hybridized carbons (Fsp3) is 1.00. The fourth-order valence-corrected chi connectivity index (χ4v) is 2.52. The van der Waals surface area contributed by atoms with Crippen LogP contribution >= 0.6 is 0 Å².